The molecule has 1 aromatic rings. The van der Waals surface area contributed by atoms with Crippen molar-refractivity contribution in [3.8, 4) is 0 Å². The fourth-order valence-corrected chi connectivity index (χ4v) is 2.72. The van der Waals surface area contributed by atoms with E-state index in [4.69, 9.17) is 4.74 Å². The highest BCUT2D eigenvalue weighted by Crippen LogP contribution is 2.43. The van der Waals surface area contributed by atoms with Crippen LogP contribution < -0.4 is 5.32 Å². The molecule has 1 fully saturated rings. The van der Waals surface area contributed by atoms with Gasteiger partial charge in [0.05, 0.1) is 12.8 Å². The van der Waals surface area contributed by atoms with Crippen molar-refractivity contribution in [2.75, 3.05) is 26.8 Å². The number of rotatable bonds is 8. The Bertz CT molecular complexity index is 358. The number of aryl methyl sites for hydroxylation is 1. The van der Waals surface area contributed by atoms with Crippen LogP contribution >= 0.6 is 0 Å². The monoisotopic (exact) mass is 251 g/mol. The summed E-state index contributed by atoms with van der Waals surface area (Å²) in [6.07, 6.45) is 9.42. The van der Waals surface area contributed by atoms with Crippen molar-refractivity contribution >= 4 is 0 Å². The number of methoxy groups -OCH3 is 1. The van der Waals surface area contributed by atoms with Crippen LogP contribution in [0.4, 0.5) is 0 Å². The van der Waals surface area contributed by atoms with Crippen LogP contribution in [0.1, 0.15) is 31.7 Å². The van der Waals surface area contributed by atoms with Crippen molar-refractivity contribution in [3.63, 3.8) is 0 Å². The average molecular weight is 251 g/mol. The molecule has 0 spiro atoms. The Morgan fingerprint density at radius 2 is 2.33 bits per heavy atom. The molecule has 0 unspecified atom stereocenters. The van der Waals surface area contributed by atoms with Gasteiger partial charge in [-0.2, -0.15) is 5.10 Å². The summed E-state index contributed by atoms with van der Waals surface area (Å²) in [4.78, 5) is 0. The van der Waals surface area contributed by atoms with Gasteiger partial charge in [-0.3, -0.25) is 4.68 Å². The highest BCUT2D eigenvalue weighted by molar-refractivity contribution is 5.10. The zero-order valence-corrected chi connectivity index (χ0v) is 11.6. The number of ether oxygens (including phenoxy) is 1. The van der Waals surface area contributed by atoms with E-state index in [1.807, 2.05) is 10.9 Å². The molecule has 0 saturated heterocycles. The summed E-state index contributed by atoms with van der Waals surface area (Å²) < 4.78 is 7.08. The standard InChI is InChI=1S/C14H25N3O/c1-3-17-11-13(10-16-17)9-14(5-4-6-14)12-15-7-8-18-2/h10-11,15H,3-9,12H2,1-2H3. The zero-order valence-electron chi connectivity index (χ0n) is 11.6. The molecule has 1 aromatic heterocycles. The molecule has 2 rings (SSSR count). The van der Waals surface area contributed by atoms with Crippen molar-refractivity contribution in [3.05, 3.63) is 18.0 Å². The molecule has 0 radical (unpaired) electrons. The van der Waals surface area contributed by atoms with Crippen LogP contribution in [0.15, 0.2) is 12.4 Å². The Balaban J connectivity index is 1.83. The minimum Gasteiger partial charge on any atom is -0.383 e. The normalized spacial score (nSPS) is 17.7. The van der Waals surface area contributed by atoms with E-state index < -0.39 is 0 Å². The molecule has 4 heteroatoms. The van der Waals surface area contributed by atoms with Gasteiger partial charge in [0.25, 0.3) is 0 Å². The van der Waals surface area contributed by atoms with Gasteiger partial charge in [0.15, 0.2) is 0 Å². The van der Waals surface area contributed by atoms with Crippen molar-refractivity contribution in [2.24, 2.45) is 5.41 Å². The second kappa shape index (κ2) is 6.34. The second-order valence-corrected chi connectivity index (χ2v) is 5.40. The van der Waals surface area contributed by atoms with E-state index in [-0.39, 0.29) is 0 Å². The third-order valence-electron chi connectivity index (χ3n) is 3.99. The van der Waals surface area contributed by atoms with Gasteiger partial charge >= 0.3 is 0 Å². The third kappa shape index (κ3) is 3.33. The van der Waals surface area contributed by atoms with Crippen LogP contribution in [0, 0.1) is 5.41 Å². The molecule has 1 aliphatic carbocycles. The fraction of sp³-hybridized carbons (Fsp3) is 0.786. The van der Waals surface area contributed by atoms with Gasteiger partial charge in [0.1, 0.15) is 0 Å². The number of hydrogen-bond acceptors (Lipinski definition) is 3. The quantitative estimate of drug-likeness (QED) is 0.717. The van der Waals surface area contributed by atoms with Crippen LogP contribution in [0.5, 0.6) is 0 Å². The smallest absolute Gasteiger partial charge is 0.0587 e. The van der Waals surface area contributed by atoms with Crippen molar-refractivity contribution in [2.45, 2.75) is 39.2 Å². The van der Waals surface area contributed by atoms with E-state index in [0.717, 1.165) is 32.7 Å². The number of nitrogens with one attached hydrogen (secondary N) is 1. The van der Waals surface area contributed by atoms with Crippen LogP contribution in [-0.2, 0) is 17.7 Å². The summed E-state index contributed by atoms with van der Waals surface area (Å²) in [7, 11) is 1.75. The SMILES string of the molecule is CCn1cc(CC2(CNCCOC)CCC2)cn1. The van der Waals surface area contributed by atoms with E-state index in [2.05, 4.69) is 23.5 Å². The summed E-state index contributed by atoms with van der Waals surface area (Å²) in [6, 6.07) is 0. The molecule has 1 aliphatic rings. The van der Waals surface area contributed by atoms with E-state index in [0.29, 0.717) is 5.41 Å². The highest BCUT2D eigenvalue weighted by Gasteiger charge is 2.36. The van der Waals surface area contributed by atoms with Gasteiger partial charge in [-0.1, -0.05) is 6.42 Å². The van der Waals surface area contributed by atoms with Crippen molar-refractivity contribution in [1.82, 2.24) is 15.1 Å². The lowest BCUT2D eigenvalue weighted by atomic mass is 9.65. The molecule has 0 aliphatic heterocycles. The van der Waals surface area contributed by atoms with Gasteiger partial charge in [-0.05, 0) is 37.2 Å². The molecule has 0 atom stereocenters. The van der Waals surface area contributed by atoms with Crippen LogP contribution in [0.3, 0.4) is 0 Å². The van der Waals surface area contributed by atoms with Gasteiger partial charge < -0.3 is 10.1 Å². The Morgan fingerprint density at radius 1 is 1.50 bits per heavy atom. The van der Waals surface area contributed by atoms with Gasteiger partial charge in [-0.15, -0.1) is 0 Å². The lowest BCUT2D eigenvalue weighted by molar-refractivity contribution is 0.123. The molecule has 1 saturated carbocycles. The lowest BCUT2D eigenvalue weighted by Crippen LogP contribution is -2.42. The summed E-state index contributed by atoms with van der Waals surface area (Å²) >= 11 is 0. The topological polar surface area (TPSA) is 39.1 Å². The molecule has 1 N–H and O–H groups in total. The molecular formula is C14H25N3O. The molecule has 18 heavy (non-hydrogen) atoms. The molecular weight excluding hydrogens is 226 g/mol. The first-order chi connectivity index (χ1) is 8.78. The highest BCUT2D eigenvalue weighted by atomic mass is 16.5. The number of nitrogens with zero attached hydrogens (tertiary/aromatic N) is 2. The molecule has 0 aromatic carbocycles. The first-order valence-corrected chi connectivity index (χ1v) is 6.99. The summed E-state index contributed by atoms with van der Waals surface area (Å²) in [5, 5.41) is 7.88. The summed E-state index contributed by atoms with van der Waals surface area (Å²) in [5.74, 6) is 0. The largest absolute Gasteiger partial charge is 0.383 e. The van der Waals surface area contributed by atoms with Gasteiger partial charge in [-0.25, -0.2) is 0 Å². The fourth-order valence-electron chi connectivity index (χ4n) is 2.72. The Labute approximate surface area is 110 Å². The van der Waals surface area contributed by atoms with E-state index in [1.165, 1.54) is 24.8 Å². The molecule has 0 amide bonds. The van der Waals surface area contributed by atoms with E-state index in [9.17, 15) is 0 Å². The van der Waals surface area contributed by atoms with E-state index in [1.54, 1.807) is 7.11 Å². The molecule has 0 bridgehead atoms. The van der Waals surface area contributed by atoms with Crippen molar-refractivity contribution < 1.29 is 4.74 Å². The number of aromatic nitrogens is 2. The minimum absolute atomic E-state index is 0.468. The van der Waals surface area contributed by atoms with Crippen LogP contribution in [0.2, 0.25) is 0 Å². The zero-order chi connectivity index (χ0) is 12.8. The second-order valence-electron chi connectivity index (χ2n) is 5.40. The molecule has 1 heterocycles. The van der Waals surface area contributed by atoms with E-state index >= 15 is 0 Å². The summed E-state index contributed by atoms with van der Waals surface area (Å²) in [5.41, 5.74) is 1.85. The van der Waals surface area contributed by atoms with Gasteiger partial charge in [0, 0.05) is 32.9 Å². The average Bonchev–Trinajstić information content (AvgIpc) is 2.78. The van der Waals surface area contributed by atoms with Crippen LogP contribution in [-0.4, -0.2) is 36.6 Å². The Kier molecular flexibility index (Phi) is 4.78. The maximum Gasteiger partial charge on any atom is 0.0587 e. The molecule has 4 nitrogen and oxygen atoms in total. The predicted octanol–water partition coefficient (Wildman–Crippen LogP) is 1.85. The predicted molar refractivity (Wildman–Crippen MR) is 72.6 cm³/mol. The Morgan fingerprint density at radius 3 is 2.89 bits per heavy atom. The van der Waals surface area contributed by atoms with Gasteiger partial charge in [0.2, 0.25) is 0 Å². The molecule has 102 valence electrons. The summed E-state index contributed by atoms with van der Waals surface area (Å²) in [6.45, 7) is 5.94. The first kappa shape index (κ1) is 13.6. The Hall–Kier alpha value is -0.870. The van der Waals surface area contributed by atoms with Crippen LogP contribution in [0.25, 0.3) is 0 Å². The lowest BCUT2D eigenvalue weighted by Gasteiger charge is -2.42. The number of hydrogen-bond donors (Lipinski definition) is 1. The van der Waals surface area contributed by atoms with Crippen molar-refractivity contribution in [1.29, 1.82) is 0 Å². The maximum atomic E-state index is 5.07. The third-order valence-corrected chi connectivity index (χ3v) is 3.99. The first-order valence-electron chi connectivity index (χ1n) is 6.99. The maximum absolute atomic E-state index is 5.07. The minimum atomic E-state index is 0.468.